The van der Waals surface area contributed by atoms with Crippen molar-refractivity contribution in [3.05, 3.63) is 0 Å². The van der Waals surface area contributed by atoms with Gasteiger partial charge in [0.25, 0.3) is 0 Å². The van der Waals surface area contributed by atoms with Gasteiger partial charge in [0.05, 0.1) is 0 Å². The molecule has 1 amide bonds. The van der Waals surface area contributed by atoms with Crippen molar-refractivity contribution in [1.82, 2.24) is 4.90 Å². The maximum atomic E-state index is 12.4. The van der Waals surface area contributed by atoms with Crippen molar-refractivity contribution in [1.29, 1.82) is 0 Å². The molecule has 0 spiro atoms. The SMILES string of the molecule is CCC[C@H]1C[C@@H](C(=O)OC(C)(C)C)N(C(=O)OC(C)(C)C)C1. The lowest BCUT2D eigenvalue weighted by molar-refractivity contribution is -0.160. The van der Waals surface area contributed by atoms with E-state index in [4.69, 9.17) is 9.47 Å². The molecule has 2 atom stereocenters. The Morgan fingerprint density at radius 2 is 1.59 bits per heavy atom. The summed E-state index contributed by atoms with van der Waals surface area (Å²) in [7, 11) is 0. The average molecular weight is 313 g/mol. The summed E-state index contributed by atoms with van der Waals surface area (Å²) in [6, 6.07) is -0.536. The van der Waals surface area contributed by atoms with E-state index in [1.807, 2.05) is 41.5 Å². The minimum atomic E-state index is -0.571. The van der Waals surface area contributed by atoms with E-state index in [-0.39, 0.29) is 5.97 Å². The highest BCUT2D eigenvalue weighted by molar-refractivity contribution is 5.82. The van der Waals surface area contributed by atoms with Crippen LogP contribution < -0.4 is 0 Å². The normalized spacial score (nSPS) is 22.6. The highest BCUT2D eigenvalue weighted by atomic mass is 16.6. The zero-order chi connectivity index (χ0) is 17.1. The molecule has 1 saturated heterocycles. The predicted molar refractivity (Wildman–Crippen MR) is 85.6 cm³/mol. The van der Waals surface area contributed by atoms with E-state index in [0.717, 1.165) is 12.8 Å². The molecule has 1 rings (SSSR count). The van der Waals surface area contributed by atoms with Crippen LogP contribution in [0.5, 0.6) is 0 Å². The summed E-state index contributed by atoms with van der Waals surface area (Å²) in [5, 5.41) is 0. The fourth-order valence-corrected chi connectivity index (χ4v) is 2.66. The lowest BCUT2D eigenvalue weighted by Crippen LogP contribution is -2.45. The summed E-state index contributed by atoms with van der Waals surface area (Å²) >= 11 is 0. The molecule has 0 aromatic rings. The quantitative estimate of drug-likeness (QED) is 0.745. The molecule has 5 nitrogen and oxygen atoms in total. The molecule has 1 aliphatic heterocycles. The zero-order valence-electron chi connectivity index (χ0n) is 15.1. The van der Waals surface area contributed by atoms with Crippen molar-refractivity contribution in [2.75, 3.05) is 6.54 Å². The second-order valence-electron chi connectivity index (χ2n) is 8.07. The molecule has 0 aromatic heterocycles. The van der Waals surface area contributed by atoms with Gasteiger partial charge < -0.3 is 9.47 Å². The number of likely N-dealkylation sites (tertiary alicyclic amines) is 1. The molecule has 1 aliphatic rings. The Morgan fingerprint density at radius 3 is 2.05 bits per heavy atom. The van der Waals surface area contributed by atoms with E-state index >= 15 is 0 Å². The predicted octanol–water partition coefficient (Wildman–Crippen LogP) is 3.75. The third-order valence-electron chi connectivity index (χ3n) is 3.39. The van der Waals surface area contributed by atoms with Gasteiger partial charge in [-0.1, -0.05) is 13.3 Å². The Labute approximate surface area is 134 Å². The minimum Gasteiger partial charge on any atom is -0.458 e. The van der Waals surface area contributed by atoms with Crippen molar-refractivity contribution in [2.24, 2.45) is 5.92 Å². The van der Waals surface area contributed by atoms with Gasteiger partial charge in [0.2, 0.25) is 0 Å². The topological polar surface area (TPSA) is 55.8 Å². The lowest BCUT2D eigenvalue weighted by atomic mass is 10.0. The van der Waals surface area contributed by atoms with Gasteiger partial charge in [0.15, 0.2) is 0 Å². The number of carbonyl (C=O) groups is 2. The van der Waals surface area contributed by atoms with Crippen LogP contribution in [0, 0.1) is 5.92 Å². The molecule has 0 unspecified atom stereocenters. The summed E-state index contributed by atoms with van der Waals surface area (Å²) in [6.45, 7) is 13.7. The number of hydrogen-bond acceptors (Lipinski definition) is 4. The largest absolute Gasteiger partial charge is 0.458 e. The highest BCUT2D eigenvalue weighted by Crippen LogP contribution is 2.30. The molecule has 0 radical (unpaired) electrons. The summed E-state index contributed by atoms with van der Waals surface area (Å²) in [6.07, 6.45) is 2.26. The number of ether oxygens (including phenoxy) is 2. The van der Waals surface area contributed by atoms with Gasteiger partial charge in [-0.2, -0.15) is 0 Å². The van der Waals surface area contributed by atoms with Crippen LogP contribution in [-0.4, -0.2) is 40.8 Å². The van der Waals surface area contributed by atoms with Crippen LogP contribution in [0.4, 0.5) is 4.79 Å². The van der Waals surface area contributed by atoms with Gasteiger partial charge in [-0.15, -0.1) is 0 Å². The van der Waals surface area contributed by atoms with E-state index in [2.05, 4.69) is 6.92 Å². The Hall–Kier alpha value is -1.26. The van der Waals surface area contributed by atoms with Gasteiger partial charge in [-0.3, -0.25) is 4.90 Å². The maximum absolute atomic E-state index is 12.4. The monoisotopic (exact) mass is 313 g/mol. The third-order valence-corrected chi connectivity index (χ3v) is 3.39. The first-order valence-corrected chi connectivity index (χ1v) is 8.15. The van der Waals surface area contributed by atoms with Crippen LogP contribution in [0.2, 0.25) is 0 Å². The van der Waals surface area contributed by atoms with Gasteiger partial charge >= 0.3 is 12.1 Å². The average Bonchev–Trinajstić information content (AvgIpc) is 2.69. The standard InChI is InChI=1S/C17H31NO4/c1-8-9-12-10-13(14(19)21-16(2,3)4)18(11-12)15(20)22-17(5,6)7/h12-13H,8-11H2,1-7H3/t12-,13-/m0/s1. The Kier molecular flexibility index (Phi) is 5.88. The minimum absolute atomic E-state index is 0.329. The molecule has 5 heteroatoms. The fourth-order valence-electron chi connectivity index (χ4n) is 2.66. The van der Waals surface area contributed by atoms with E-state index in [9.17, 15) is 9.59 Å². The molecule has 0 N–H and O–H groups in total. The van der Waals surface area contributed by atoms with Crippen LogP contribution >= 0.6 is 0 Å². The summed E-state index contributed by atoms with van der Waals surface area (Å²) in [4.78, 5) is 26.3. The molecule has 1 fully saturated rings. The van der Waals surface area contributed by atoms with E-state index in [0.29, 0.717) is 18.9 Å². The Bertz CT molecular complexity index is 370. The summed E-state index contributed by atoms with van der Waals surface area (Å²) in [5.41, 5.74) is -1.13. The number of rotatable bonds is 3. The Morgan fingerprint density at radius 1 is 1.05 bits per heavy atom. The van der Waals surface area contributed by atoms with Crippen molar-refractivity contribution >= 4 is 12.1 Å². The smallest absolute Gasteiger partial charge is 0.411 e. The van der Waals surface area contributed by atoms with Crippen LogP contribution in [0.25, 0.3) is 0 Å². The van der Waals surface area contributed by atoms with Gasteiger partial charge in [-0.05, 0) is 60.3 Å². The van der Waals surface area contributed by atoms with Crippen LogP contribution in [0.1, 0.15) is 67.7 Å². The van der Waals surface area contributed by atoms with Crippen LogP contribution in [0.15, 0.2) is 0 Å². The highest BCUT2D eigenvalue weighted by Gasteiger charge is 2.42. The summed E-state index contributed by atoms with van der Waals surface area (Å²) in [5.74, 6) is -0.00741. The molecule has 0 saturated carbocycles. The van der Waals surface area contributed by atoms with Gasteiger partial charge in [0, 0.05) is 6.54 Å². The Balaban J connectivity index is 2.85. The van der Waals surface area contributed by atoms with Crippen molar-refractivity contribution in [2.45, 2.75) is 85.0 Å². The number of amides is 1. The molecule has 0 bridgehead atoms. The number of esters is 1. The molecular weight excluding hydrogens is 282 g/mol. The molecule has 0 aliphatic carbocycles. The molecule has 0 aromatic carbocycles. The number of carbonyl (C=O) groups excluding carboxylic acids is 2. The van der Waals surface area contributed by atoms with Gasteiger partial charge in [-0.25, -0.2) is 9.59 Å². The van der Waals surface area contributed by atoms with Crippen LogP contribution in [-0.2, 0) is 14.3 Å². The number of hydrogen-bond donors (Lipinski definition) is 0. The zero-order valence-corrected chi connectivity index (χ0v) is 15.1. The summed E-state index contributed by atoms with van der Waals surface area (Å²) < 4.78 is 10.9. The maximum Gasteiger partial charge on any atom is 0.411 e. The first-order valence-electron chi connectivity index (χ1n) is 8.15. The number of nitrogens with zero attached hydrogens (tertiary/aromatic N) is 1. The first-order chi connectivity index (χ1) is 9.93. The van der Waals surface area contributed by atoms with Crippen molar-refractivity contribution < 1.29 is 19.1 Å². The van der Waals surface area contributed by atoms with E-state index in [1.54, 1.807) is 4.90 Å². The van der Waals surface area contributed by atoms with E-state index < -0.39 is 23.3 Å². The molecule has 22 heavy (non-hydrogen) atoms. The van der Waals surface area contributed by atoms with Gasteiger partial charge in [0.1, 0.15) is 17.2 Å². The van der Waals surface area contributed by atoms with E-state index in [1.165, 1.54) is 0 Å². The molecular formula is C17H31NO4. The third kappa shape index (κ3) is 5.85. The lowest BCUT2D eigenvalue weighted by Gasteiger charge is -2.29. The first kappa shape index (κ1) is 18.8. The molecule has 1 heterocycles. The second kappa shape index (κ2) is 6.88. The second-order valence-corrected chi connectivity index (χ2v) is 8.07. The fraction of sp³-hybridized carbons (Fsp3) is 0.882. The molecule has 128 valence electrons. The van der Waals surface area contributed by atoms with Crippen LogP contribution in [0.3, 0.4) is 0 Å². The van der Waals surface area contributed by atoms with Crippen molar-refractivity contribution in [3.63, 3.8) is 0 Å². The van der Waals surface area contributed by atoms with Crippen molar-refractivity contribution in [3.8, 4) is 0 Å².